The summed E-state index contributed by atoms with van der Waals surface area (Å²) in [6.45, 7) is 5.94. The first-order valence-electron chi connectivity index (χ1n) is 9.03. The Morgan fingerprint density at radius 2 is 1.85 bits per heavy atom. The van der Waals surface area contributed by atoms with Gasteiger partial charge in [-0.15, -0.1) is 11.3 Å². The first kappa shape index (κ1) is 20.9. The Labute approximate surface area is 164 Å². The number of anilines is 1. The van der Waals surface area contributed by atoms with Gasteiger partial charge in [0.05, 0.1) is 26.7 Å². The van der Waals surface area contributed by atoms with Gasteiger partial charge >= 0.3 is 0 Å². The molecule has 1 aromatic carbocycles. The summed E-state index contributed by atoms with van der Waals surface area (Å²) < 4.78 is 5.21. The van der Waals surface area contributed by atoms with Crippen molar-refractivity contribution in [1.82, 2.24) is 10.2 Å². The second-order valence-corrected chi connectivity index (χ2v) is 7.05. The molecule has 0 saturated heterocycles. The number of nitrogens with one attached hydrogen (secondary N) is 1. The van der Waals surface area contributed by atoms with Gasteiger partial charge in [0.25, 0.3) is 0 Å². The van der Waals surface area contributed by atoms with Gasteiger partial charge in [-0.3, -0.25) is 14.5 Å². The molecule has 7 heteroatoms. The highest BCUT2D eigenvalue weighted by atomic mass is 32.1. The number of rotatable bonds is 10. The number of carbonyl (C=O) groups is 2. The maximum absolute atomic E-state index is 13.1. The maximum Gasteiger partial charge on any atom is 0.241 e. The van der Waals surface area contributed by atoms with E-state index in [-0.39, 0.29) is 24.9 Å². The average Bonchev–Trinajstić information content (AvgIpc) is 3.19. The smallest absolute Gasteiger partial charge is 0.241 e. The first-order valence-corrected chi connectivity index (χ1v) is 9.91. The fraction of sp³-hybridized carbons (Fsp3) is 0.400. The fourth-order valence-corrected chi connectivity index (χ4v) is 3.35. The first-order chi connectivity index (χ1) is 13.1. The minimum atomic E-state index is -0.0681. The highest BCUT2D eigenvalue weighted by Gasteiger charge is 2.20. The number of hydrogen-bond donors (Lipinski definition) is 1. The minimum absolute atomic E-state index is 0.0419. The topological polar surface area (TPSA) is 61.9 Å². The summed E-state index contributed by atoms with van der Waals surface area (Å²) in [5.41, 5.74) is 0.809. The highest BCUT2D eigenvalue weighted by Crippen LogP contribution is 2.23. The molecule has 0 bridgehead atoms. The molecule has 27 heavy (non-hydrogen) atoms. The van der Waals surface area contributed by atoms with E-state index in [2.05, 4.69) is 5.32 Å². The van der Waals surface area contributed by atoms with Gasteiger partial charge in [0.1, 0.15) is 5.75 Å². The number of nitrogens with zero attached hydrogens (tertiary/aromatic N) is 2. The molecular formula is C20H27N3O3S. The molecule has 0 radical (unpaired) electrons. The van der Waals surface area contributed by atoms with Crippen LogP contribution in [-0.2, 0) is 16.1 Å². The third kappa shape index (κ3) is 6.37. The summed E-state index contributed by atoms with van der Waals surface area (Å²) in [4.78, 5) is 29.6. The van der Waals surface area contributed by atoms with Crippen molar-refractivity contribution >= 4 is 28.8 Å². The quantitative estimate of drug-likeness (QED) is 0.679. The van der Waals surface area contributed by atoms with Crippen LogP contribution in [-0.4, -0.2) is 50.0 Å². The van der Waals surface area contributed by atoms with Crippen LogP contribution < -0.4 is 15.0 Å². The number of ether oxygens (including phenoxy) is 1. The molecule has 0 saturated carbocycles. The molecule has 2 amide bonds. The molecule has 0 aliphatic heterocycles. The van der Waals surface area contributed by atoms with Gasteiger partial charge in [0.2, 0.25) is 11.8 Å². The van der Waals surface area contributed by atoms with Gasteiger partial charge in [0, 0.05) is 17.1 Å². The highest BCUT2D eigenvalue weighted by molar-refractivity contribution is 7.09. The van der Waals surface area contributed by atoms with E-state index < -0.39 is 0 Å². The molecule has 2 rings (SSSR count). The molecule has 146 valence electrons. The molecule has 0 atom stereocenters. The van der Waals surface area contributed by atoms with Crippen molar-refractivity contribution in [2.24, 2.45) is 0 Å². The van der Waals surface area contributed by atoms with Crippen molar-refractivity contribution in [3.63, 3.8) is 0 Å². The van der Waals surface area contributed by atoms with Gasteiger partial charge < -0.3 is 15.0 Å². The van der Waals surface area contributed by atoms with Crippen LogP contribution in [0.4, 0.5) is 5.69 Å². The Hall–Kier alpha value is -2.38. The van der Waals surface area contributed by atoms with Crippen molar-refractivity contribution in [3.05, 3.63) is 46.7 Å². The van der Waals surface area contributed by atoms with Crippen LogP contribution >= 0.6 is 11.3 Å². The summed E-state index contributed by atoms with van der Waals surface area (Å²) in [6, 6.07) is 11.4. The zero-order chi connectivity index (χ0) is 19.6. The molecule has 0 aliphatic carbocycles. The standard InChI is InChI=1S/C20H27N3O3S/c1-4-21-19(24)14-22(5-2)15-20(25)23(13-18-7-6-12-27-18)16-8-10-17(26-3)11-9-16/h6-12H,4-5,13-15H2,1-3H3,(H,21,24). The fourth-order valence-electron chi connectivity index (χ4n) is 2.66. The zero-order valence-corrected chi connectivity index (χ0v) is 16.9. The van der Waals surface area contributed by atoms with Crippen molar-refractivity contribution in [1.29, 1.82) is 0 Å². The summed E-state index contributed by atoms with van der Waals surface area (Å²) in [7, 11) is 1.62. The van der Waals surface area contributed by atoms with Crippen molar-refractivity contribution in [2.75, 3.05) is 38.2 Å². The van der Waals surface area contributed by atoms with Gasteiger partial charge in [-0.1, -0.05) is 13.0 Å². The van der Waals surface area contributed by atoms with Crippen molar-refractivity contribution in [3.8, 4) is 5.75 Å². The molecular weight excluding hydrogens is 362 g/mol. The van der Waals surface area contributed by atoms with Crippen LogP contribution in [0, 0.1) is 0 Å². The number of hydrogen-bond acceptors (Lipinski definition) is 5. The molecule has 1 N–H and O–H groups in total. The van der Waals surface area contributed by atoms with E-state index in [1.54, 1.807) is 23.3 Å². The van der Waals surface area contributed by atoms with Crippen LogP contribution in [0.15, 0.2) is 41.8 Å². The van der Waals surface area contributed by atoms with E-state index >= 15 is 0 Å². The Bertz CT molecular complexity index is 717. The summed E-state index contributed by atoms with van der Waals surface area (Å²) in [5, 5.41) is 4.78. The number of carbonyl (C=O) groups excluding carboxylic acids is 2. The third-order valence-electron chi connectivity index (χ3n) is 4.13. The van der Waals surface area contributed by atoms with Crippen LogP contribution in [0.2, 0.25) is 0 Å². The normalized spacial score (nSPS) is 10.7. The monoisotopic (exact) mass is 389 g/mol. The predicted molar refractivity (Wildman–Crippen MR) is 109 cm³/mol. The van der Waals surface area contributed by atoms with Crippen molar-refractivity contribution < 1.29 is 14.3 Å². The number of amides is 2. The van der Waals surface area contributed by atoms with E-state index in [0.29, 0.717) is 19.6 Å². The number of thiophene rings is 1. The lowest BCUT2D eigenvalue weighted by molar-refractivity contribution is -0.124. The lowest BCUT2D eigenvalue weighted by Crippen LogP contribution is -2.44. The second kappa shape index (κ2) is 10.7. The molecule has 1 aromatic heterocycles. The second-order valence-electron chi connectivity index (χ2n) is 6.01. The molecule has 0 spiro atoms. The number of methoxy groups -OCH3 is 1. The average molecular weight is 390 g/mol. The lowest BCUT2D eigenvalue weighted by Gasteiger charge is -2.26. The van der Waals surface area contributed by atoms with E-state index in [4.69, 9.17) is 4.74 Å². The molecule has 0 fully saturated rings. The third-order valence-corrected chi connectivity index (χ3v) is 4.99. The molecule has 6 nitrogen and oxygen atoms in total. The Morgan fingerprint density at radius 3 is 2.41 bits per heavy atom. The van der Waals surface area contributed by atoms with Gasteiger partial charge in [0.15, 0.2) is 0 Å². The van der Waals surface area contributed by atoms with Crippen LogP contribution in [0.3, 0.4) is 0 Å². The molecule has 2 aromatic rings. The van der Waals surface area contributed by atoms with Gasteiger partial charge in [-0.2, -0.15) is 0 Å². The molecule has 0 unspecified atom stereocenters. The number of benzene rings is 1. The van der Waals surface area contributed by atoms with E-state index in [1.807, 2.05) is 60.5 Å². The van der Waals surface area contributed by atoms with E-state index in [0.717, 1.165) is 16.3 Å². The van der Waals surface area contributed by atoms with Crippen molar-refractivity contribution in [2.45, 2.75) is 20.4 Å². The minimum Gasteiger partial charge on any atom is -0.497 e. The van der Waals surface area contributed by atoms with E-state index in [9.17, 15) is 9.59 Å². The predicted octanol–water partition coefficient (Wildman–Crippen LogP) is 2.75. The Morgan fingerprint density at radius 1 is 1.11 bits per heavy atom. The van der Waals surface area contributed by atoms with Gasteiger partial charge in [-0.25, -0.2) is 0 Å². The molecule has 0 aliphatic rings. The largest absolute Gasteiger partial charge is 0.497 e. The summed E-state index contributed by atoms with van der Waals surface area (Å²) in [5.74, 6) is 0.634. The Balaban J connectivity index is 2.15. The zero-order valence-electron chi connectivity index (χ0n) is 16.1. The van der Waals surface area contributed by atoms with Gasteiger partial charge in [-0.05, 0) is 49.2 Å². The van der Waals surface area contributed by atoms with E-state index in [1.165, 1.54) is 0 Å². The van der Waals surface area contributed by atoms with Crippen LogP contribution in [0.1, 0.15) is 18.7 Å². The summed E-state index contributed by atoms with van der Waals surface area (Å²) in [6.07, 6.45) is 0. The lowest BCUT2D eigenvalue weighted by atomic mass is 10.2. The number of likely N-dealkylation sites (N-methyl/N-ethyl adjacent to an activating group) is 2. The van der Waals surface area contributed by atoms with Crippen LogP contribution in [0.5, 0.6) is 5.75 Å². The molecule has 1 heterocycles. The van der Waals surface area contributed by atoms with Crippen LogP contribution in [0.25, 0.3) is 0 Å². The SMILES string of the molecule is CCNC(=O)CN(CC)CC(=O)N(Cc1cccs1)c1ccc(OC)cc1. The Kier molecular flexibility index (Phi) is 8.29. The maximum atomic E-state index is 13.1. The summed E-state index contributed by atoms with van der Waals surface area (Å²) >= 11 is 1.62.